The highest BCUT2D eigenvalue weighted by Crippen LogP contribution is 2.26. The van der Waals surface area contributed by atoms with Crippen molar-refractivity contribution in [3.05, 3.63) is 32.8 Å². The number of carbonyl (C=O) groups excluding carboxylic acids is 1. The van der Waals surface area contributed by atoms with Gasteiger partial charge in [0.25, 0.3) is 5.69 Å². The molecule has 0 atom stereocenters. The topological polar surface area (TPSA) is 81.5 Å². The summed E-state index contributed by atoms with van der Waals surface area (Å²) in [4.78, 5) is 21.2. The minimum Gasteiger partial charge on any atom is -0.375 e. The predicted octanol–water partition coefficient (Wildman–Crippen LogP) is 1.94. The molecule has 1 aromatic rings. The first kappa shape index (κ1) is 12.6. The second kappa shape index (κ2) is 5.57. The molecule has 1 amide bonds. The molecule has 86 valence electrons. The summed E-state index contributed by atoms with van der Waals surface area (Å²) in [6, 6.07) is 4.12. The van der Waals surface area contributed by atoms with Crippen LogP contribution in [0.1, 0.15) is 0 Å². The lowest BCUT2D eigenvalue weighted by molar-refractivity contribution is -0.384. The molecule has 0 aliphatic heterocycles. The molecule has 16 heavy (non-hydrogen) atoms. The van der Waals surface area contributed by atoms with Crippen LogP contribution in [0.3, 0.4) is 0 Å². The highest BCUT2D eigenvalue weighted by molar-refractivity contribution is 9.10. The zero-order chi connectivity index (χ0) is 12.1. The Morgan fingerprint density at radius 2 is 2.31 bits per heavy atom. The molecule has 1 N–H and O–H groups in total. The predicted molar refractivity (Wildman–Crippen MR) is 61.3 cm³/mol. The molecule has 0 spiro atoms. The summed E-state index contributed by atoms with van der Waals surface area (Å²) in [7, 11) is 1.39. The molecule has 0 aliphatic carbocycles. The number of hydrogen-bond acceptors (Lipinski definition) is 4. The third-order valence-electron chi connectivity index (χ3n) is 1.71. The van der Waals surface area contributed by atoms with E-state index in [1.54, 1.807) is 0 Å². The first-order valence-corrected chi connectivity index (χ1v) is 5.06. The smallest absolute Gasteiger partial charge is 0.271 e. The van der Waals surface area contributed by atoms with Gasteiger partial charge in [-0.25, -0.2) is 0 Å². The summed E-state index contributed by atoms with van der Waals surface area (Å²) in [5.74, 6) is -0.372. The van der Waals surface area contributed by atoms with Crippen molar-refractivity contribution in [2.75, 3.05) is 19.0 Å². The van der Waals surface area contributed by atoms with Gasteiger partial charge in [-0.1, -0.05) is 0 Å². The van der Waals surface area contributed by atoms with Crippen LogP contribution in [-0.4, -0.2) is 24.5 Å². The average molecular weight is 289 g/mol. The van der Waals surface area contributed by atoms with Crippen molar-refractivity contribution in [3.8, 4) is 0 Å². The average Bonchev–Trinajstić information content (AvgIpc) is 2.21. The van der Waals surface area contributed by atoms with Gasteiger partial charge in [-0.15, -0.1) is 0 Å². The van der Waals surface area contributed by atoms with Crippen LogP contribution >= 0.6 is 15.9 Å². The quantitative estimate of drug-likeness (QED) is 0.678. The minimum atomic E-state index is -0.529. The number of nitro groups is 1. The second-order valence-corrected chi connectivity index (χ2v) is 3.76. The lowest BCUT2D eigenvalue weighted by Crippen LogP contribution is -2.17. The third kappa shape index (κ3) is 3.28. The maximum atomic E-state index is 11.2. The molecule has 0 heterocycles. The molecular weight excluding hydrogens is 280 g/mol. The molecule has 0 bridgehead atoms. The number of rotatable bonds is 4. The minimum absolute atomic E-state index is 0.0871. The second-order valence-electron chi connectivity index (χ2n) is 2.90. The van der Waals surface area contributed by atoms with E-state index in [4.69, 9.17) is 0 Å². The van der Waals surface area contributed by atoms with E-state index in [9.17, 15) is 14.9 Å². The van der Waals surface area contributed by atoms with E-state index in [-0.39, 0.29) is 18.2 Å². The van der Waals surface area contributed by atoms with E-state index < -0.39 is 4.92 Å². The van der Waals surface area contributed by atoms with Gasteiger partial charge in [0.2, 0.25) is 5.91 Å². The normalized spacial score (nSPS) is 9.88. The summed E-state index contributed by atoms with van der Waals surface area (Å²) >= 11 is 3.18. The number of benzene rings is 1. The Balaban J connectivity index is 2.90. The number of halogens is 1. The number of carbonyl (C=O) groups is 1. The fourth-order valence-electron chi connectivity index (χ4n) is 1.04. The van der Waals surface area contributed by atoms with Gasteiger partial charge < -0.3 is 10.1 Å². The number of nitrogens with one attached hydrogen (secondary N) is 1. The summed E-state index contributed by atoms with van der Waals surface area (Å²) in [5, 5.41) is 13.0. The van der Waals surface area contributed by atoms with Gasteiger partial charge >= 0.3 is 0 Å². The Kier molecular flexibility index (Phi) is 4.39. The molecule has 0 aliphatic rings. The Labute approximate surface area is 99.9 Å². The summed E-state index contributed by atoms with van der Waals surface area (Å²) in [6.45, 7) is -0.102. The number of anilines is 1. The molecule has 6 nitrogen and oxygen atoms in total. The van der Waals surface area contributed by atoms with Crippen LogP contribution in [0, 0.1) is 10.1 Å². The van der Waals surface area contributed by atoms with Crippen molar-refractivity contribution in [1.82, 2.24) is 0 Å². The maximum Gasteiger partial charge on any atom is 0.271 e. The molecule has 0 fully saturated rings. The summed E-state index contributed by atoms with van der Waals surface area (Å²) < 4.78 is 5.20. The van der Waals surface area contributed by atoms with Gasteiger partial charge in [0.15, 0.2) is 0 Å². The van der Waals surface area contributed by atoms with E-state index in [2.05, 4.69) is 26.0 Å². The fraction of sp³-hybridized carbons (Fsp3) is 0.222. The zero-order valence-corrected chi connectivity index (χ0v) is 9.98. The summed E-state index contributed by atoms with van der Waals surface area (Å²) in [5.41, 5.74) is 0.257. The highest BCUT2D eigenvalue weighted by atomic mass is 79.9. The number of ether oxygens (including phenoxy) is 1. The van der Waals surface area contributed by atoms with Crippen LogP contribution in [0.2, 0.25) is 0 Å². The molecule has 0 unspecified atom stereocenters. The van der Waals surface area contributed by atoms with E-state index in [0.717, 1.165) is 0 Å². The molecule has 0 radical (unpaired) electrons. The van der Waals surface area contributed by atoms with Crippen molar-refractivity contribution in [2.24, 2.45) is 0 Å². The molecular formula is C9H9BrN2O4. The number of non-ortho nitro benzene ring substituents is 1. The third-order valence-corrected chi connectivity index (χ3v) is 2.40. The Morgan fingerprint density at radius 3 is 2.88 bits per heavy atom. The number of amides is 1. The van der Waals surface area contributed by atoms with Gasteiger partial charge in [0.1, 0.15) is 6.61 Å². The Morgan fingerprint density at radius 1 is 1.62 bits per heavy atom. The van der Waals surface area contributed by atoms with Crippen LogP contribution in [0.15, 0.2) is 22.7 Å². The standard InChI is InChI=1S/C9H9BrN2O4/c1-16-5-9(13)11-8-4-6(12(14)15)2-3-7(8)10/h2-4H,5H2,1H3,(H,11,13). The fourth-order valence-corrected chi connectivity index (χ4v) is 1.39. The molecule has 0 aromatic heterocycles. The van der Waals surface area contributed by atoms with Crippen molar-refractivity contribution < 1.29 is 14.5 Å². The first-order chi connectivity index (χ1) is 7.54. The van der Waals surface area contributed by atoms with Crippen molar-refractivity contribution in [2.45, 2.75) is 0 Å². The van der Waals surface area contributed by atoms with E-state index >= 15 is 0 Å². The zero-order valence-electron chi connectivity index (χ0n) is 8.40. The molecule has 7 heteroatoms. The van der Waals surface area contributed by atoms with Crippen LogP contribution < -0.4 is 5.32 Å². The van der Waals surface area contributed by atoms with Crippen molar-refractivity contribution in [3.63, 3.8) is 0 Å². The van der Waals surface area contributed by atoms with Crippen LogP contribution in [0.4, 0.5) is 11.4 Å². The number of nitrogens with zero attached hydrogens (tertiary/aromatic N) is 1. The number of nitro benzene ring substituents is 1. The van der Waals surface area contributed by atoms with Gasteiger partial charge in [-0.2, -0.15) is 0 Å². The van der Waals surface area contributed by atoms with Crippen LogP contribution in [0.25, 0.3) is 0 Å². The van der Waals surface area contributed by atoms with Crippen molar-refractivity contribution >= 4 is 33.2 Å². The monoisotopic (exact) mass is 288 g/mol. The maximum absolute atomic E-state index is 11.2. The molecule has 0 saturated heterocycles. The number of methoxy groups -OCH3 is 1. The van der Waals surface area contributed by atoms with Gasteiger partial charge in [0, 0.05) is 23.7 Å². The molecule has 1 aromatic carbocycles. The van der Waals surface area contributed by atoms with Crippen LogP contribution in [-0.2, 0) is 9.53 Å². The lowest BCUT2D eigenvalue weighted by Gasteiger charge is -2.06. The molecule has 0 saturated carbocycles. The largest absolute Gasteiger partial charge is 0.375 e. The van der Waals surface area contributed by atoms with Gasteiger partial charge in [0.05, 0.1) is 10.6 Å². The van der Waals surface area contributed by atoms with Crippen LogP contribution in [0.5, 0.6) is 0 Å². The highest BCUT2D eigenvalue weighted by Gasteiger charge is 2.11. The SMILES string of the molecule is COCC(=O)Nc1cc([N+](=O)[O-])ccc1Br. The first-order valence-electron chi connectivity index (χ1n) is 4.27. The van der Waals surface area contributed by atoms with Crippen molar-refractivity contribution in [1.29, 1.82) is 0 Å². The van der Waals surface area contributed by atoms with Gasteiger partial charge in [-0.05, 0) is 22.0 Å². The Bertz CT molecular complexity index is 422. The van der Waals surface area contributed by atoms with Gasteiger partial charge in [-0.3, -0.25) is 14.9 Å². The number of hydrogen-bond donors (Lipinski definition) is 1. The van der Waals surface area contributed by atoms with E-state index in [0.29, 0.717) is 10.2 Å². The lowest BCUT2D eigenvalue weighted by atomic mass is 10.3. The van der Waals surface area contributed by atoms with E-state index in [1.165, 1.54) is 25.3 Å². The Hall–Kier alpha value is -1.47. The molecule has 1 rings (SSSR count). The van der Waals surface area contributed by atoms with E-state index in [1.807, 2.05) is 0 Å². The summed E-state index contributed by atoms with van der Waals surface area (Å²) in [6.07, 6.45) is 0.